The number of ether oxygens (including phenoxy) is 3. The molecule has 1 aliphatic heterocycles. The predicted octanol–water partition coefficient (Wildman–Crippen LogP) is 2.89. The van der Waals surface area contributed by atoms with Crippen LogP contribution in [0.3, 0.4) is 0 Å². The Morgan fingerprint density at radius 3 is 2.44 bits per heavy atom. The van der Waals surface area contributed by atoms with E-state index in [1.807, 2.05) is 0 Å². The van der Waals surface area contributed by atoms with Crippen LogP contribution in [0.25, 0.3) is 0 Å². The molecule has 0 aromatic heterocycles. The molecule has 1 heterocycles. The Morgan fingerprint density at radius 2 is 1.88 bits per heavy atom. The molecule has 1 saturated heterocycles. The predicted molar refractivity (Wildman–Crippen MR) is 88.3 cm³/mol. The van der Waals surface area contributed by atoms with Crippen LogP contribution in [0.15, 0.2) is 24.3 Å². The van der Waals surface area contributed by atoms with Crippen LogP contribution in [0.5, 0.6) is 0 Å². The van der Waals surface area contributed by atoms with Crippen molar-refractivity contribution in [3.63, 3.8) is 0 Å². The number of carbonyl (C=O) groups is 2. The van der Waals surface area contributed by atoms with Crippen LogP contribution in [0.4, 0.5) is 9.18 Å². The Labute approximate surface area is 146 Å². The highest BCUT2D eigenvalue weighted by Crippen LogP contribution is 2.25. The zero-order valence-electron chi connectivity index (χ0n) is 15.0. The van der Waals surface area contributed by atoms with Gasteiger partial charge in [0, 0.05) is 6.42 Å². The first-order valence-corrected chi connectivity index (χ1v) is 8.13. The van der Waals surface area contributed by atoms with Gasteiger partial charge in [-0.3, -0.25) is 4.90 Å². The van der Waals surface area contributed by atoms with Gasteiger partial charge in [0.15, 0.2) is 0 Å². The highest BCUT2D eigenvalue weighted by molar-refractivity contribution is 5.82. The van der Waals surface area contributed by atoms with Gasteiger partial charge < -0.3 is 14.2 Å². The largest absolute Gasteiger partial charge is 0.467 e. The quantitative estimate of drug-likeness (QED) is 0.779. The number of benzene rings is 1. The van der Waals surface area contributed by atoms with E-state index >= 15 is 0 Å². The summed E-state index contributed by atoms with van der Waals surface area (Å²) >= 11 is 0. The first-order chi connectivity index (χ1) is 11.7. The Hall–Kier alpha value is -2.15. The van der Waals surface area contributed by atoms with Crippen LogP contribution in [0.1, 0.15) is 32.8 Å². The van der Waals surface area contributed by atoms with Crippen LogP contribution in [0.2, 0.25) is 0 Å². The average Bonchev–Trinajstić information content (AvgIpc) is 2.96. The SMILES string of the molecule is COC(=O)[C@H]1C[C@H](OCc2ccc(F)cc2)CN1C(=O)OC(C)(C)C. The van der Waals surface area contributed by atoms with E-state index in [1.54, 1.807) is 32.9 Å². The summed E-state index contributed by atoms with van der Waals surface area (Å²) in [6.07, 6.45) is -0.579. The lowest BCUT2D eigenvalue weighted by molar-refractivity contribution is -0.145. The van der Waals surface area contributed by atoms with E-state index in [4.69, 9.17) is 14.2 Å². The molecule has 1 fully saturated rings. The lowest BCUT2D eigenvalue weighted by Gasteiger charge is -2.27. The summed E-state index contributed by atoms with van der Waals surface area (Å²) in [6, 6.07) is 5.24. The molecule has 1 aromatic rings. The third-order valence-corrected chi connectivity index (χ3v) is 3.76. The molecule has 25 heavy (non-hydrogen) atoms. The van der Waals surface area contributed by atoms with Gasteiger partial charge in [0.2, 0.25) is 0 Å². The molecule has 0 aliphatic carbocycles. The number of hydrogen-bond donors (Lipinski definition) is 0. The van der Waals surface area contributed by atoms with Gasteiger partial charge in [0.1, 0.15) is 17.5 Å². The molecule has 0 bridgehead atoms. The highest BCUT2D eigenvalue weighted by Gasteiger charge is 2.42. The standard InChI is InChI=1S/C18H24FNO5/c1-18(2,3)25-17(22)20-10-14(9-15(20)16(21)23-4)24-11-12-5-7-13(19)8-6-12/h5-8,14-15H,9-11H2,1-4H3/t14-,15+/m0/s1. The summed E-state index contributed by atoms with van der Waals surface area (Å²) in [4.78, 5) is 25.7. The monoisotopic (exact) mass is 353 g/mol. The zero-order chi connectivity index (χ0) is 18.6. The first-order valence-electron chi connectivity index (χ1n) is 8.13. The maximum absolute atomic E-state index is 12.9. The fraction of sp³-hybridized carbons (Fsp3) is 0.556. The molecule has 1 aliphatic rings. The number of halogens is 1. The van der Waals surface area contributed by atoms with Crippen molar-refractivity contribution in [2.75, 3.05) is 13.7 Å². The molecule has 6 nitrogen and oxygen atoms in total. The number of methoxy groups -OCH3 is 1. The van der Waals surface area contributed by atoms with Gasteiger partial charge in [0.25, 0.3) is 0 Å². The van der Waals surface area contributed by atoms with E-state index in [9.17, 15) is 14.0 Å². The van der Waals surface area contributed by atoms with E-state index in [-0.39, 0.29) is 25.1 Å². The molecule has 138 valence electrons. The average molecular weight is 353 g/mol. The summed E-state index contributed by atoms with van der Waals surface area (Å²) < 4.78 is 28.9. The van der Waals surface area contributed by atoms with Gasteiger partial charge in [-0.1, -0.05) is 12.1 Å². The Morgan fingerprint density at radius 1 is 1.24 bits per heavy atom. The lowest BCUT2D eigenvalue weighted by atomic mass is 10.2. The second-order valence-corrected chi connectivity index (χ2v) is 6.97. The molecular weight excluding hydrogens is 329 g/mol. The second kappa shape index (κ2) is 7.82. The van der Waals surface area contributed by atoms with Crippen molar-refractivity contribution in [1.82, 2.24) is 4.90 Å². The van der Waals surface area contributed by atoms with Crippen molar-refractivity contribution >= 4 is 12.1 Å². The molecule has 1 aromatic carbocycles. The third kappa shape index (κ3) is 5.42. The lowest BCUT2D eigenvalue weighted by Crippen LogP contribution is -2.44. The first kappa shape index (κ1) is 19.2. The summed E-state index contributed by atoms with van der Waals surface area (Å²) in [7, 11) is 1.28. The van der Waals surface area contributed by atoms with E-state index in [0.29, 0.717) is 6.42 Å². The topological polar surface area (TPSA) is 65.1 Å². The number of rotatable bonds is 4. The van der Waals surface area contributed by atoms with Crippen LogP contribution < -0.4 is 0 Å². The minimum Gasteiger partial charge on any atom is -0.467 e. The molecular formula is C18H24FNO5. The number of likely N-dealkylation sites (tertiary alicyclic amines) is 1. The number of carbonyl (C=O) groups excluding carboxylic acids is 2. The molecule has 0 saturated carbocycles. The maximum Gasteiger partial charge on any atom is 0.411 e. The van der Waals surface area contributed by atoms with Crippen LogP contribution in [0, 0.1) is 5.82 Å². The van der Waals surface area contributed by atoms with E-state index in [1.165, 1.54) is 24.1 Å². The van der Waals surface area contributed by atoms with Crippen molar-refractivity contribution in [3.05, 3.63) is 35.6 Å². The van der Waals surface area contributed by atoms with Crippen molar-refractivity contribution in [2.45, 2.75) is 51.5 Å². The molecule has 1 amide bonds. The summed E-state index contributed by atoms with van der Waals surface area (Å²) in [5.41, 5.74) is 0.150. The van der Waals surface area contributed by atoms with Crippen molar-refractivity contribution < 1.29 is 28.2 Å². The number of esters is 1. The molecule has 0 spiro atoms. The van der Waals surface area contributed by atoms with Crippen LogP contribution >= 0.6 is 0 Å². The Bertz CT molecular complexity index is 611. The van der Waals surface area contributed by atoms with Gasteiger partial charge >= 0.3 is 12.1 Å². The van der Waals surface area contributed by atoms with Crippen molar-refractivity contribution in [1.29, 1.82) is 0 Å². The maximum atomic E-state index is 12.9. The number of amides is 1. The second-order valence-electron chi connectivity index (χ2n) is 6.97. The fourth-order valence-electron chi connectivity index (χ4n) is 2.59. The smallest absolute Gasteiger partial charge is 0.411 e. The van der Waals surface area contributed by atoms with Crippen molar-refractivity contribution in [3.8, 4) is 0 Å². The molecule has 0 N–H and O–H groups in total. The van der Waals surface area contributed by atoms with Gasteiger partial charge in [-0.15, -0.1) is 0 Å². The van der Waals surface area contributed by atoms with Gasteiger partial charge in [-0.2, -0.15) is 0 Å². The Balaban J connectivity index is 2.00. The third-order valence-electron chi connectivity index (χ3n) is 3.76. The van der Waals surface area contributed by atoms with Gasteiger partial charge in [-0.25, -0.2) is 14.0 Å². The molecule has 7 heteroatoms. The number of hydrogen-bond acceptors (Lipinski definition) is 5. The molecule has 2 atom stereocenters. The zero-order valence-corrected chi connectivity index (χ0v) is 15.0. The Kier molecular flexibility index (Phi) is 6.00. The van der Waals surface area contributed by atoms with E-state index < -0.39 is 23.7 Å². The normalized spacial score (nSPS) is 20.4. The minimum atomic E-state index is -0.738. The highest BCUT2D eigenvalue weighted by atomic mass is 19.1. The summed E-state index contributed by atoms with van der Waals surface area (Å²) in [5, 5.41) is 0. The van der Waals surface area contributed by atoms with Crippen LogP contribution in [-0.2, 0) is 25.6 Å². The molecule has 2 rings (SSSR count). The summed E-state index contributed by atoms with van der Waals surface area (Å²) in [5.74, 6) is -0.815. The van der Waals surface area contributed by atoms with Crippen LogP contribution in [-0.4, -0.2) is 48.4 Å². The molecule has 0 unspecified atom stereocenters. The fourth-order valence-corrected chi connectivity index (χ4v) is 2.59. The minimum absolute atomic E-state index is 0.232. The van der Waals surface area contributed by atoms with Gasteiger partial charge in [0.05, 0.1) is 26.4 Å². The van der Waals surface area contributed by atoms with Gasteiger partial charge in [-0.05, 0) is 38.5 Å². The van der Waals surface area contributed by atoms with E-state index in [0.717, 1.165) is 5.56 Å². The summed E-state index contributed by atoms with van der Waals surface area (Å²) in [6.45, 7) is 5.78. The number of nitrogens with zero attached hydrogens (tertiary/aromatic N) is 1. The van der Waals surface area contributed by atoms with Crippen molar-refractivity contribution in [2.24, 2.45) is 0 Å². The molecule has 0 radical (unpaired) electrons. The van der Waals surface area contributed by atoms with E-state index in [2.05, 4.69) is 0 Å².